The van der Waals surface area contributed by atoms with Crippen LogP contribution in [0.4, 0.5) is 11.5 Å². The molecule has 98 valence electrons. The van der Waals surface area contributed by atoms with E-state index in [2.05, 4.69) is 22.4 Å². The Morgan fingerprint density at radius 2 is 1.57 bits per heavy atom. The minimum atomic E-state index is 0.446. The first-order chi connectivity index (χ1) is 10.3. The van der Waals surface area contributed by atoms with Crippen molar-refractivity contribution in [1.29, 1.82) is 10.5 Å². The van der Waals surface area contributed by atoms with Crippen LogP contribution in [-0.2, 0) is 0 Å². The largest absolute Gasteiger partial charge is 0.338 e. The lowest BCUT2D eigenvalue weighted by molar-refractivity contribution is 1.33. The van der Waals surface area contributed by atoms with Gasteiger partial charge >= 0.3 is 0 Å². The van der Waals surface area contributed by atoms with E-state index in [4.69, 9.17) is 5.26 Å². The number of hydrogen-bond donors (Lipinski definition) is 1. The summed E-state index contributed by atoms with van der Waals surface area (Å²) in [5, 5.41) is 22.4. The summed E-state index contributed by atoms with van der Waals surface area (Å²) in [4.78, 5) is 4.47. The lowest BCUT2D eigenvalue weighted by Crippen LogP contribution is -1.99. The van der Waals surface area contributed by atoms with Gasteiger partial charge in [-0.2, -0.15) is 10.5 Å². The van der Waals surface area contributed by atoms with Crippen molar-refractivity contribution >= 4 is 22.4 Å². The van der Waals surface area contributed by atoms with E-state index in [9.17, 15) is 5.26 Å². The van der Waals surface area contributed by atoms with Crippen molar-refractivity contribution in [3.63, 3.8) is 0 Å². The molecular formula is C17H10N4. The average molecular weight is 270 g/mol. The number of aromatic nitrogens is 1. The molecule has 0 amide bonds. The van der Waals surface area contributed by atoms with Crippen LogP contribution in [-0.4, -0.2) is 4.98 Å². The van der Waals surface area contributed by atoms with Gasteiger partial charge < -0.3 is 5.32 Å². The van der Waals surface area contributed by atoms with Crippen molar-refractivity contribution in [2.45, 2.75) is 0 Å². The van der Waals surface area contributed by atoms with Gasteiger partial charge in [-0.25, -0.2) is 4.98 Å². The van der Waals surface area contributed by atoms with Crippen LogP contribution in [0.3, 0.4) is 0 Å². The highest BCUT2D eigenvalue weighted by atomic mass is 15.0. The summed E-state index contributed by atoms with van der Waals surface area (Å²) in [6, 6.07) is 20.8. The molecular weight excluding hydrogens is 260 g/mol. The lowest BCUT2D eigenvalue weighted by atomic mass is 10.1. The first-order valence-corrected chi connectivity index (χ1v) is 6.38. The number of nitrogens with zero attached hydrogens (tertiary/aromatic N) is 3. The van der Waals surface area contributed by atoms with Crippen molar-refractivity contribution < 1.29 is 0 Å². The topological polar surface area (TPSA) is 72.5 Å². The fourth-order valence-corrected chi connectivity index (χ4v) is 2.11. The summed E-state index contributed by atoms with van der Waals surface area (Å²) < 4.78 is 0. The summed E-state index contributed by atoms with van der Waals surface area (Å²) in [6.07, 6.45) is 0. The molecule has 3 rings (SSSR count). The SMILES string of the molecule is N#Cc1ccccc1Nc1nc2ccccc2cc1C#N. The zero-order chi connectivity index (χ0) is 14.7. The van der Waals surface area contributed by atoms with Crippen LogP contribution >= 0.6 is 0 Å². The highest BCUT2D eigenvalue weighted by Crippen LogP contribution is 2.24. The molecule has 0 unspecified atom stereocenters. The smallest absolute Gasteiger partial charge is 0.149 e. The average Bonchev–Trinajstić information content (AvgIpc) is 2.54. The van der Waals surface area contributed by atoms with Crippen LogP contribution in [0, 0.1) is 22.7 Å². The lowest BCUT2D eigenvalue weighted by Gasteiger charge is -2.10. The number of pyridine rings is 1. The molecule has 2 aromatic carbocycles. The number of rotatable bonds is 2. The van der Waals surface area contributed by atoms with Gasteiger partial charge in [0.05, 0.1) is 22.3 Å². The highest BCUT2D eigenvalue weighted by molar-refractivity contribution is 5.84. The second kappa shape index (κ2) is 5.32. The molecule has 0 aliphatic heterocycles. The number of nitrogens with one attached hydrogen (secondary N) is 1. The molecule has 0 fully saturated rings. The van der Waals surface area contributed by atoms with Gasteiger partial charge in [-0.15, -0.1) is 0 Å². The Hall–Kier alpha value is -3.37. The summed E-state index contributed by atoms with van der Waals surface area (Å²) in [5.41, 5.74) is 2.39. The normalized spacial score (nSPS) is 9.81. The Bertz CT molecular complexity index is 901. The van der Waals surface area contributed by atoms with Crippen LogP contribution in [0.25, 0.3) is 10.9 Å². The van der Waals surface area contributed by atoms with E-state index < -0.39 is 0 Å². The molecule has 1 N–H and O–H groups in total. The van der Waals surface area contributed by atoms with E-state index in [0.29, 0.717) is 22.6 Å². The molecule has 21 heavy (non-hydrogen) atoms. The summed E-state index contributed by atoms with van der Waals surface area (Å²) in [5.74, 6) is 0.457. The Morgan fingerprint density at radius 3 is 2.38 bits per heavy atom. The van der Waals surface area contributed by atoms with Crippen molar-refractivity contribution in [1.82, 2.24) is 4.98 Å². The van der Waals surface area contributed by atoms with Crippen LogP contribution < -0.4 is 5.32 Å². The Kier molecular flexibility index (Phi) is 3.21. The van der Waals surface area contributed by atoms with Gasteiger partial charge in [-0.1, -0.05) is 30.3 Å². The van der Waals surface area contributed by atoms with E-state index in [1.165, 1.54) is 0 Å². The fourth-order valence-electron chi connectivity index (χ4n) is 2.11. The van der Waals surface area contributed by atoms with Gasteiger partial charge in [0.1, 0.15) is 18.0 Å². The maximum absolute atomic E-state index is 9.29. The van der Waals surface area contributed by atoms with Crippen LogP contribution in [0.2, 0.25) is 0 Å². The van der Waals surface area contributed by atoms with Gasteiger partial charge in [0.2, 0.25) is 0 Å². The van der Waals surface area contributed by atoms with Gasteiger partial charge in [-0.05, 0) is 24.3 Å². The van der Waals surface area contributed by atoms with Gasteiger partial charge in [0.15, 0.2) is 0 Å². The van der Waals surface area contributed by atoms with E-state index in [-0.39, 0.29) is 0 Å². The van der Waals surface area contributed by atoms with E-state index in [1.807, 2.05) is 30.3 Å². The zero-order valence-corrected chi connectivity index (χ0v) is 11.0. The van der Waals surface area contributed by atoms with Crippen LogP contribution in [0.5, 0.6) is 0 Å². The predicted molar refractivity (Wildman–Crippen MR) is 80.9 cm³/mol. The number of nitriles is 2. The van der Waals surface area contributed by atoms with Crippen LogP contribution in [0.15, 0.2) is 54.6 Å². The molecule has 4 nitrogen and oxygen atoms in total. The monoisotopic (exact) mass is 270 g/mol. The first kappa shape index (κ1) is 12.7. The molecule has 0 atom stereocenters. The van der Waals surface area contributed by atoms with Gasteiger partial charge in [-0.3, -0.25) is 0 Å². The Morgan fingerprint density at radius 1 is 0.857 bits per heavy atom. The van der Waals surface area contributed by atoms with Crippen molar-refractivity contribution in [2.24, 2.45) is 0 Å². The molecule has 0 aliphatic carbocycles. The van der Waals surface area contributed by atoms with Gasteiger partial charge in [0.25, 0.3) is 0 Å². The molecule has 0 aliphatic rings. The minimum absolute atomic E-state index is 0.446. The maximum Gasteiger partial charge on any atom is 0.149 e. The highest BCUT2D eigenvalue weighted by Gasteiger charge is 2.08. The first-order valence-electron chi connectivity index (χ1n) is 6.38. The minimum Gasteiger partial charge on any atom is -0.338 e. The molecule has 1 aromatic heterocycles. The number of anilines is 2. The molecule has 0 saturated carbocycles. The zero-order valence-electron chi connectivity index (χ0n) is 11.0. The summed E-state index contributed by atoms with van der Waals surface area (Å²) in [6.45, 7) is 0. The predicted octanol–water partition coefficient (Wildman–Crippen LogP) is 3.72. The third kappa shape index (κ3) is 2.39. The fraction of sp³-hybridized carbons (Fsp3) is 0. The number of fused-ring (bicyclic) bond motifs is 1. The third-order valence-corrected chi connectivity index (χ3v) is 3.15. The number of para-hydroxylation sites is 2. The molecule has 0 bridgehead atoms. The molecule has 0 saturated heterocycles. The van der Waals surface area contributed by atoms with Crippen molar-refractivity contribution in [3.8, 4) is 12.1 Å². The van der Waals surface area contributed by atoms with E-state index in [1.54, 1.807) is 24.3 Å². The van der Waals surface area contributed by atoms with E-state index in [0.717, 1.165) is 10.9 Å². The van der Waals surface area contributed by atoms with Crippen molar-refractivity contribution in [3.05, 3.63) is 65.7 Å². The standard InChI is InChI=1S/C17H10N4/c18-10-13-6-2-4-8-16(13)21-17-14(11-19)9-12-5-1-3-7-15(12)20-17/h1-9H,(H,20,21). The second-order valence-electron chi connectivity index (χ2n) is 4.47. The second-order valence-corrected chi connectivity index (χ2v) is 4.47. The van der Waals surface area contributed by atoms with E-state index >= 15 is 0 Å². The quantitative estimate of drug-likeness (QED) is 0.770. The number of benzene rings is 2. The molecule has 0 radical (unpaired) electrons. The molecule has 4 heteroatoms. The molecule has 1 heterocycles. The maximum atomic E-state index is 9.29. The summed E-state index contributed by atoms with van der Waals surface area (Å²) in [7, 11) is 0. The number of hydrogen-bond acceptors (Lipinski definition) is 4. The Labute approximate surface area is 121 Å². The third-order valence-electron chi connectivity index (χ3n) is 3.15. The van der Waals surface area contributed by atoms with Gasteiger partial charge in [0, 0.05) is 5.39 Å². The van der Waals surface area contributed by atoms with Crippen molar-refractivity contribution in [2.75, 3.05) is 5.32 Å². The Balaban J connectivity index is 2.12. The molecule has 3 aromatic rings. The summed E-state index contributed by atoms with van der Waals surface area (Å²) >= 11 is 0. The molecule has 0 spiro atoms. The van der Waals surface area contributed by atoms with Crippen LogP contribution in [0.1, 0.15) is 11.1 Å².